The lowest BCUT2D eigenvalue weighted by Gasteiger charge is -2.14. The van der Waals surface area contributed by atoms with Crippen LogP contribution in [0.1, 0.15) is 24.0 Å². The van der Waals surface area contributed by atoms with Crippen LogP contribution in [-0.4, -0.2) is 30.5 Å². The molecule has 0 saturated heterocycles. The van der Waals surface area contributed by atoms with Crippen molar-refractivity contribution in [2.24, 2.45) is 5.41 Å². The van der Waals surface area contributed by atoms with Crippen LogP contribution in [0.25, 0.3) is 0 Å². The molecule has 0 bridgehead atoms. The summed E-state index contributed by atoms with van der Waals surface area (Å²) in [7, 11) is 0. The second-order valence-electron chi connectivity index (χ2n) is 5.54. The number of hydrogen-bond acceptors (Lipinski definition) is 3. The van der Waals surface area contributed by atoms with Gasteiger partial charge in [0.15, 0.2) is 0 Å². The molecule has 6 heteroatoms. The zero-order valence-corrected chi connectivity index (χ0v) is 12.9. The maximum atomic E-state index is 13.2. The first-order valence-corrected chi connectivity index (χ1v) is 8.37. The molecule has 2 rings (SSSR count). The fourth-order valence-electron chi connectivity index (χ4n) is 2.13. The minimum Gasteiger partial charge on any atom is -0.396 e. The van der Waals surface area contributed by atoms with E-state index in [9.17, 15) is 14.3 Å². The van der Waals surface area contributed by atoms with Crippen molar-refractivity contribution in [3.8, 4) is 0 Å². The summed E-state index contributed by atoms with van der Waals surface area (Å²) in [6.07, 6.45) is 3.87. The summed E-state index contributed by atoms with van der Waals surface area (Å²) in [6.45, 7) is 0.980. The van der Waals surface area contributed by atoms with E-state index in [2.05, 4.69) is 10.6 Å². The molecule has 116 valence electrons. The van der Waals surface area contributed by atoms with Crippen LogP contribution in [0.5, 0.6) is 0 Å². The average molecular weight is 312 g/mol. The number of hydrogen-bond donors (Lipinski definition) is 3. The van der Waals surface area contributed by atoms with Crippen molar-refractivity contribution in [2.45, 2.75) is 25.1 Å². The molecule has 1 aliphatic carbocycles. The van der Waals surface area contributed by atoms with Crippen molar-refractivity contribution >= 4 is 17.8 Å². The summed E-state index contributed by atoms with van der Waals surface area (Å²) < 4.78 is 13.2. The number of urea groups is 1. The molecule has 21 heavy (non-hydrogen) atoms. The van der Waals surface area contributed by atoms with Gasteiger partial charge < -0.3 is 15.7 Å². The molecule has 2 amide bonds. The first kappa shape index (κ1) is 16.1. The third-order valence-electron chi connectivity index (χ3n) is 3.82. The predicted octanol–water partition coefficient (Wildman–Crippen LogP) is 2.26. The molecule has 0 heterocycles. The smallest absolute Gasteiger partial charge is 0.315 e. The number of aliphatic hydroxyl groups excluding tert-OH is 1. The third kappa shape index (κ3) is 4.61. The predicted molar refractivity (Wildman–Crippen MR) is 82.6 cm³/mol. The Balaban J connectivity index is 1.83. The summed E-state index contributed by atoms with van der Waals surface area (Å²) in [5, 5.41) is 14.7. The minimum atomic E-state index is -0.258. The van der Waals surface area contributed by atoms with Crippen molar-refractivity contribution in [1.82, 2.24) is 10.6 Å². The number of amides is 2. The SMILES string of the molecule is CSCc1cc(F)ccc1CNC(=O)NCC1(CO)CC1. The monoisotopic (exact) mass is 312 g/mol. The van der Waals surface area contributed by atoms with Crippen LogP contribution in [0, 0.1) is 11.2 Å². The van der Waals surface area contributed by atoms with Gasteiger partial charge in [0.1, 0.15) is 5.82 Å². The summed E-state index contributed by atoms with van der Waals surface area (Å²) in [6, 6.07) is 4.37. The third-order valence-corrected chi connectivity index (χ3v) is 4.42. The molecule has 0 aromatic heterocycles. The Labute approximate surface area is 128 Å². The first-order chi connectivity index (χ1) is 10.1. The maximum absolute atomic E-state index is 13.2. The molecule has 0 spiro atoms. The molecule has 1 aromatic carbocycles. The standard InChI is InChI=1S/C15H21FN2O2S/c1-21-8-12-6-13(16)3-2-11(12)7-17-14(20)18-9-15(10-19)4-5-15/h2-3,6,19H,4-5,7-10H2,1H3,(H2,17,18,20). The average Bonchev–Trinajstić information content (AvgIpc) is 3.25. The van der Waals surface area contributed by atoms with Crippen molar-refractivity contribution < 1.29 is 14.3 Å². The second kappa shape index (κ2) is 7.13. The molecule has 3 N–H and O–H groups in total. The fourth-order valence-corrected chi connectivity index (χ4v) is 2.71. The molecule has 1 aromatic rings. The molecule has 4 nitrogen and oxygen atoms in total. The molecular weight excluding hydrogens is 291 g/mol. The Hall–Kier alpha value is -1.27. The molecule has 0 aliphatic heterocycles. The van der Waals surface area contributed by atoms with Crippen LogP contribution in [0.2, 0.25) is 0 Å². The van der Waals surface area contributed by atoms with Crippen LogP contribution in [0.4, 0.5) is 9.18 Å². The quantitative estimate of drug-likeness (QED) is 0.724. The van der Waals surface area contributed by atoms with Gasteiger partial charge in [-0.15, -0.1) is 0 Å². The van der Waals surface area contributed by atoms with Gasteiger partial charge >= 0.3 is 6.03 Å². The Morgan fingerprint density at radius 1 is 1.38 bits per heavy atom. The van der Waals surface area contributed by atoms with Gasteiger partial charge in [0, 0.05) is 24.3 Å². The van der Waals surface area contributed by atoms with Crippen molar-refractivity contribution in [3.63, 3.8) is 0 Å². The van der Waals surface area contributed by atoms with Crippen LogP contribution >= 0.6 is 11.8 Å². The zero-order chi connectivity index (χ0) is 15.3. The van der Waals surface area contributed by atoms with Gasteiger partial charge in [-0.3, -0.25) is 0 Å². The molecule has 0 unspecified atom stereocenters. The van der Waals surface area contributed by atoms with E-state index in [1.54, 1.807) is 17.8 Å². The number of carbonyl (C=O) groups is 1. The highest BCUT2D eigenvalue weighted by Crippen LogP contribution is 2.44. The Morgan fingerprint density at radius 2 is 2.14 bits per heavy atom. The first-order valence-electron chi connectivity index (χ1n) is 6.97. The number of thioether (sulfide) groups is 1. The van der Waals surface area contributed by atoms with Crippen molar-refractivity contribution in [2.75, 3.05) is 19.4 Å². The lowest BCUT2D eigenvalue weighted by Crippen LogP contribution is -2.39. The van der Waals surface area contributed by atoms with Gasteiger partial charge in [-0.25, -0.2) is 9.18 Å². The van der Waals surface area contributed by atoms with E-state index < -0.39 is 0 Å². The van der Waals surface area contributed by atoms with Gasteiger partial charge in [-0.05, 0) is 42.4 Å². The van der Waals surface area contributed by atoms with E-state index >= 15 is 0 Å². The lowest BCUT2D eigenvalue weighted by molar-refractivity contribution is 0.203. The van der Waals surface area contributed by atoms with Crippen LogP contribution < -0.4 is 10.6 Å². The van der Waals surface area contributed by atoms with Crippen molar-refractivity contribution in [1.29, 1.82) is 0 Å². The molecule has 0 atom stereocenters. The Morgan fingerprint density at radius 3 is 2.76 bits per heavy atom. The van der Waals surface area contributed by atoms with E-state index in [0.29, 0.717) is 18.8 Å². The molecule has 1 fully saturated rings. The van der Waals surface area contributed by atoms with Crippen LogP contribution in [0.3, 0.4) is 0 Å². The summed E-state index contributed by atoms with van der Waals surface area (Å²) in [5.74, 6) is 0.454. The Bertz CT molecular complexity index is 506. The van der Waals surface area contributed by atoms with E-state index in [4.69, 9.17) is 0 Å². The van der Waals surface area contributed by atoms with Crippen molar-refractivity contribution in [3.05, 3.63) is 35.1 Å². The number of rotatable bonds is 7. The fraction of sp³-hybridized carbons (Fsp3) is 0.533. The number of halogens is 1. The lowest BCUT2D eigenvalue weighted by atomic mass is 10.1. The maximum Gasteiger partial charge on any atom is 0.315 e. The summed E-state index contributed by atoms with van der Waals surface area (Å²) in [4.78, 5) is 11.8. The Kier molecular flexibility index (Phi) is 5.47. The largest absolute Gasteiger partial charge is 0.396 e. The molecule has 1 saturated carbocycles. The van der Waals surface area contributed by atoms with Gasteiger partial charge in [0.2, 0.25) is 0 Å². The molecule has 0 radical (unpaired) electrons. The van der Waals surface area contributed by atoms with E-state index in [1.165, 1.54) is 12.1 Å². The minimum absolute atomic E-state index is 0.1000. The highest BCUT2D eigenvalue weighted by molar-refractivity contribution is 7.97. The molecular formula is C15H21FN2O2S. The van der Waals surface area contributed by atoms with E-state index in [-0.39, 0.29) is 23.9 Å². The highest BCUT2D eigenvalue weighted by atomic mass is 32.2. The summed E-state index contributed by atoms with van der Waals surface area (Å²) in [5.41, 5.74) is 1.72. The molecule has 1 aliphatic rings. The van der Waals surface area contributed by atoms with E-state index in [0.717, 1.165) is 24.0 Å². The normalized spacial score (nSPS) is 15.6. The second-order valence-corrected chi connectivity index (χ2v) is 6.41. The van der Waals surface area contributed by atoms with Crippen LogP contribution in [-0.2, 0) is 12.3 Å². The van der Waals surface area contributed by atoms with Gasteiger partial charge in [-0.1, -0.05) is 6.07 Å². The number of benzene rings is 1. The van der Waals surface area contributed by atoms with Gasteiger partial charge in [0.05, 0.1) is 6.61 Å². The zero-order valence-electron chi connectivity index (χ0n) is 12.1. The topological polar surface area (TPSA) is 61.4 Å². The number of carbonyl (C=O) groups excluding carboxylic acids is 1. The van der Waals surface area contributed by atoms with Gasteiger partial charge in [0.25, 0.3) is 0 Å². The highest BCUT2D eigenvalue weighted by Gasteiger charge is 2.42. The number of aliphatic hydroxyl groups is 1. The number of nitrogens with one attached hydrogen (secondary N) is 2. The summed E-state index contributed by atoms with van der Waals surface area (Å²) >= 11 is 1.61. The van der Waals surface area contributed by atoms with Crippen LogP contribution in [0.15, 0.2) is 18.2 Å². The van der Waals surface area contributed by atoms with E-state index in [1.807, 2.05) is 6.26 Å². The van der Waals surface area contributed by atoms with Gasteiger partial charge in [-0.2, -0.15) is 11.8 Å².